The molecule has 7 heteroatoms. The SMILES string of the molecule is CCC(C)[C@H](N)C(=O)Nc1cc(S(C)(=O)=O)ccc1F. The molecule has 0 aromatic heterocycles. The van der Waals surface area contributed by atoms with Crippen molar-refractivity contribution in [3.63, 3.8) is 0 Å². The van der Waals surface area contributed by atoms with Gasteiger partial charge in [0.25, 0.3) is 0 Å². The van der Waals surface area contributed by atoms with Crippen LogP contribution in [0.3, 0.4) is 0 Å². The zero-order valence-electron chi connectivity index (χ0n) is 11.7. The first-order valence-corrected chi connectivity index (χ1v) is 8.12. The lowest BCUT2D eigenvalue weighted by atomic mass is 9.99. The van der Waals surface area contributed by atoms with Crippen LogP contribution in [0.25, 0.3) is 0 Å². The monoisotopic (exact) mass is 302 g/mol. The average Bonchev–Trinajstić information content (AvgIpc) is 2.38. The quantitative estimate of drug-likeness (QED) is 0.807. The molecule has 0 fully saturated rings. The van der Waals surface area contributed by atoms with Crippen LogP contribution in [0.2, 0.25) is 0 Å². The summed E-state index contributed by atoms with van der Waals surface area (Å²) < 4.78 is 36.4. The molecule has 20 heavy (non-hydrogen) atoms. The lowest BCUT2D eigenvalue weighted by molar-refractivity contribution is -0.118. The number of nitrogens with two attached hydrogens (primary N) is 1. The van der Waals surface area contributed by atoms with E-state index in [0.29, 0.717) is 6.42 Å². The van der Waals surface area contributed by atoms with Crippen LogP contribution >= 0.6 is 0 Å². The second-order valence-electron chi connectivity index (χ2n) is 4.81. The Balaban J connectivity index is 3.01. The summed E-state index contributed by atoms with van der Waals surface area (Å²) in [7, 11) is -3.47. The van der Waals surface area contributed by atoms with Gasteiger partial charge in [0, 0.05) is 6.26 Å². The molecule has 0 aliphatic carbocycles. The Morgan fingerprint density at radius 1 is 1.45 bits per heavy atom. The van der Waals surface area contributed by atoms with Gasteiger partial charge >= 0.3 is 0 Å². The van der Waals surface area contributed by atoms with E-state index in [2.05, 4.69) is 5.32 Å². The van der Waals surface area contributed by atoms with Crippen LogP contribution in [0.4, 0.5) is 10.1 Å². The van der Waals surface area contributed by atoms with E-state index in [0.717, 1.165) is 24.5 Å². The first-order valence-electron chi connectivity index (χ1n) is 6.22. The lowest BCUT2D eigenvalue weighted by Crippen LogP contribution is -2.40. The van der Waals surface area contributed by atoms with Gasteiger partial charge in [-0.15, -0.1) is 0 Å². The summed E-state index contributed by atoms with van der Waals surface area (Å²) in [4.78, 5) is 11.8. The van der Waals surface area contributed by atoms with Crippen molar-refractivity contribution in [2.75, 3.05) is 11.6 Å². The van der Waals surface area contributed by atoms with E-state index < -0.39 is 27.6 Å². The molecule has 0 radical (unpaired) electrons. The maximum absolute atomic E-state index is 13.6. The predicted molar refractivity (Wildman–Crippen MR) is 75.6 cm³/mol. The van der Waals surface area contributed by atoms with E-state index in [4.69, 9.17) is 5.73 Å². The van der Waals surface area contributed by atoms with Gasteiger partial charge in [-0.1, -0.05) is 20.3 Å². The summed E-state index contributed by atoms with van der Waals surface area (Å²) >= 11 is 0. The van der Waals surface area contributed by atoms with Crippen molar-refractivity contribution in [1.29, 1.82) is 0 Å². The number of amides is 1. The molecule has 0 saturated heterocycles. The Bertz CT molecular complexity index is 602. The van der Waals surface area contributed by atoms with Crippen LogP contribution in [0.15, 0.2) is 23.1 Å². The van der Waals surface area contributed by atoms with Gasteiger partial charge < -0.3 is 11.1 Å². The van der Waals surface area contributed by atoms with Crippen LogP contribution in [-0.2, 0) is 14.6 Å². The molecule has 5 nitrogen and oxygen atoms in total. The second kappa shape index (κ2) is 6.32. The topological polar surface area (TPSA) is 89.3 Å². The van der Waals surface area contributed by atoms with Crippen LogP contribution in [0.5, 0.6) is 0 Å². The summed E-state index contributed by atoms with van der Waals surface area (Å²) in [6, 6.07) is 2.46. The fraction of sp³-hybridized carbons (Fsp3) is 0.462. The summed E-state index contributed by atoms with van der Waals surface area (Å²) in [5.41, 5.74) is 5.56. The highest BCUT2D eigenvalue weighted by Gasteiger charge is 2.21. The number of hydrogen-bond acceptors (Lipinski definition) is 4. The van der Waals surface area contributed by atoms with Crippen molar-refractivity contribution < 1.29 is 17.6 Å². The summed E-state index contributed by atoms with van der Waals surface area (Å²) in [6.45, 7) is 3.70. The van der Waals surface area contributed by atoms with Crippen molar-refractivity contribution in [3.8, 4) is 0 Å². The van der Waals surface area contributed by atoms with E-state index in [1.54, 1.807) is 0 Å². The maximum atomic E-state index is 13.6. The molecule has 0 bridgehead atoms. The highest BCUT2D eigenvalue weighted by Crippen LogP contribution is 2.20. The molecule has 0 saturated carbocycles. The maximum Gasteiger partial charge on any atom is 0.241 e. The largest absolute Gasteiger partial charge is 0.322 e. The van der Waals surface area contributed by atoms with E-state index in [1.807, 2.05) is 13.8 Å². The Morgan fingerprint density at radius 3 is 2.55 bits per heavy atom. The summed E-state index contributed by atoms with van der Waals surface area (Å²) in [5, 5.41) is 2.33. The molecule has 2 atom stereocenters. The Hall–Kier alpha value is -1.47. The summed E-state index contributed by atoms with van der Waals surface area (Å²) in [6.07, 6.45) is 1.72. The highest BCUT2D eigenvalue weighted by molar-refractivity contribution is 7.90. The van der Waals surface area contributed by atoms with Crippen LogP contribution in [-0.4, -0.2) is 26.6 Å². The molecule has 1 aromatic carbocycles. The van der Waals surface area contributed by atoms with Crippen molar-refractivity contribution in [2.45, 2.75) is 31.2 Å². The van der Waals surface area contributed by atoms with Crippen molar-refractivity contribution >= 4 is 21.4 Å². The van der Waals surface area contributed by atoms with Gasteiger partial charge in [0.2, 0.25) is 5.91 Å². The van der Waals surface area contributed by atoms with E-state index in [1.165, 1.54) is 0 Å². The number of carbonyl (C=O) groups is 1. The minimum atomic E-state index is -3.47. The van der Waals surface area contributed by atoms with Crippen LogP contribution in [0, 0.1) is 11.7 Å². The molecule has 1 rings (SSSR count). The zero-order valence-corrected chi connectivity index (χ0v) is 12.5. The number of benzene rings is 1. The number of nitrogens with one attached hydrogen (secondary N) is 1. The third-order valence-electron chi connectivity index (χ3n) is 3.18. The molecule has 0 aliphatic rings. The summed E-state index contributed by atoms with van der Waals surface area (Å²) in [5.74, 6) is -1.30. The molecule has 1 amide bonds. The molecule has 0 spiro atoms. The van der Waals surface area contributed by atoms with Gasteiger partial charge in [-0.25, -0.2) is 12.8 Å². The Morgan fingerprint density at radius 2 is 2.05 bits per heavy atom. The van der Waals surface area contributed by atoms with Gasteiger partial charge in [-0.2, -0.15) is 0 Å². The van der Waals surface area contributed by atoms with E-state index in [9.17, 15) is 17.6 Å². The molecular formula is C13H19FN2O3S. The van der Waals surface area contributed by atoms with Gasteiger partial charge in [0.05, 0.1) is 16.6 Å². The number of rotatable bonds is 5. The second-order valence-corrected chi connectivity index (χ2v) is 6.83. The van der Waals surface area contributed by atoms with Crippen molar-refractivity contribution in [3.05, 3.63) is 24.0 Å². The van der Waals surface area contributed by atoms with Gasteiger partial charge in [0.15, 0.2) is 9.84 Å². The van der Waals surface area contributed by atoms with Gasteiger partial charge in [0.1, 0.15) is 5.82 Å². The normalized spacial score (nSPS) is 14.7. The lowest BCUT2D eigenvalue weighted by Gasteiger charge is -2.18. The smallest absolute Gasteiger partial charge is 0.241 e. The minimum Gasteiger partial charge on any atom is -0.322 e. The fourth-order valence-corrected chi connectivity index (χ4v) is 2.21. The van der Waals surface area contributed by atoms with E-state index in [-0.39, 0.29) is 16.5 Å². The molecular weight excluding hydrogens is 283 g/mol. The van der Waals surface area contributed by atoms with Crippen LogP contribution in [0.1, 0.15) is 20.3 Å². The standard InChI is InChI=1S/C13H19FN2O3S/c1-4-8(2)12(15)13(17)16-11-7-9(20(3,18)19)5-6-10(11)14/h5-8,12H,4,15H2,1-3H3,(H,16,17)/t8?,12-/m0/s1. The molecule has 0 heterocycles. The number of carbonyl (C=O) groups excluding carboxylic acids is 1. The fourth-order valence-electron chi connectivity index (χ4n) is 1.56. The predicted octanol–water partition coefficient (Wildman–Crippen LogP) is 1.54. The Labute approximate surface area is 118 Å². The van der Waals surface area contributed by atoms with Crippen LogP contribution < -0.4 is 11.1 Å². The molecule has 0 aliphatic heterocycles. The third kappa shape index (κ3) is 4.01. The van der Waals surface area contributed by atoms with Gasteiger partial charge in [-0.3, -0.25) is 4.79 Å². The molecule has 1 unspecified atom stereocenters. The number of anilines is 1. The average molecular weight is 302 g/mol. The molecule has 3 N–H and O–H groups in total. The minimum absolute atomic E-state index is 0.0591. The van der Waals surface area contributed by atoms with E-state index >= 15 is 0 Å². The highest BCUT2D eigenvalue weighted by atomic mass is 32.2. The number of hydrogen-bond donors (Lipinski definition) is 2. The number of halogens is 1. The van der Waals surface area contributed by atoms with Gasteiger partial charge in [-0.05, 0) is 24.1 Å². The Kier molecular flexibility index (Phi) is 5.24. The molecule has 1 aromatic rings. The van der Waals surface area contributed by atoms with Crippen molar-refractivity contribution in [1.82, 2.24) is 0 Å². The third-order valence-corrected chi connectivity index (χ3v) is 4.29. The number of sulfone groups is 1. The van der Waals surface area contributed by atoms with Crippen molar-refractivity contribution in [2.24, 2.45) is 11.7 Å². The first kappa shape index (κ1) is 16.6. The zero-order chi connectivity index (χ0) is 15.5. The molecule has 112 valence electrons. The first-order chi connectivity index (χ1) is 9.16.